The predicted octanol–water partition coefficient (Wildman–Crippen LogP) is 2.10. The molecule has 7 heteroatoms. The van der Waals surface area contributed by atoms with Crippen molar-refractivity contribution in [3.63, 3.8) is 0 Å². The van der Waals surface area contributed by atoms with Gasteiger partial charge in [-0.1, -0.05) is 0 Å². The van der Waals surface area contributed by atoms with Gasteiger partial charge in [0.25, 0.3) is 5.69 Å². The van der Waals surface area contributed by atoms with E-state index < -0.39 is 10.9 Å². The van der Waals surface area contributed by atoms with Gasteiger partial charge in [-0.05, 0) is 37.1 Å². The standard InChI is InChI=1S/C12H11N3O4/c1-7-5-10(11(15(18)19)6-8(7)2)14-4-3-9(13-14)12(16)17/h3-6H,1-2H3,(H,16,17). The topological polar surface area (TPSA) is 98.3 Å². The molecule has 0 bridgehead atoms. The first-order chi connectivity index (χ1) is 8.90. The summed E-state index contributed by atoms with van der Waals surface area (Å²) in [6.07, 6.45) is 1.39. The van der Waals surface area contributed by atoms with Gasteiger partial charge < -0.3 is 5.11 Å². The number of hydrogen-bond acceptors (Lipinski definition) is 4. The number of aromatic carboxylic acids is 1. The number of aryl methyl sites for hydroxylation is 2. The van der Waals surface area contributed by atoms with Crippen LogP contribution in [0.25, 0.3) is 5.69 Å². The Morgan fingerprint density at radius 3 is 2.53 bits per heavy atom. The molecule has 0 aliphatic carbocycles. The van der Waals surface area contributed by atoms with Gasteiger partial charge in [0.05, 0.1) is 4.92 Å². The Balaban J connectivity index is 2.62. The molecule has 0 saturated carbocycles. The van der Waals surface area contributed by atoms with E-state index in [1.54, 1.807) is 13.0 Å². The summed E-state index contributed by atoms with van der Waals surface area (Å²) in [5.41, 5.74) is 1.64. The maximum Gasteiger partial charge on any atom is 0.356 e. The van der Waals surface area contributed by atoms with Gasteiger partial charge in [0.2, 0.25) is 0 Å². The van der Waals surface area contributed by atoms with Crippen LogP contribution in [0, 0.1) is 24.0 Å². The van der Waals surface area contributed by atoms with E-state index in [-0.39, 0.29) is 17.1 Å². The van der Waals surface area contributed by atoms with Crippen molar-refractivity contribution in [3.8, 4) is 5.69 Å². The Bertz CT molecular complexity index is 676. The summed E-state index contributed by atoms with van der Waals surface area (Å²) in [5, 5.41) is 23.7. The van der Waals surface area contributed by atoms with Crippen molar-refractivity contribution in [2.24, 2.45) is 0 Å². The molecule has 0 aliphatic heterocycles. The Morgan fingerprint density at radius 2 is 2.00 bits per heavy atom. The van der Waals surface area contributed by atoms with Crippen LogP contribution in [0.4, 0.5) is 5.69 Å². The Morgan fingerprint density at radius 1 is 1.37 bits per heavy atom. The van der Waals surface area contributed by atoms with E-state index in [0.29, 0.717) is 0 Å². The molecule has 0 atom stereocenters. The van der Waals surface area contributed by atoms with Crippen LogP contribution in [0.5, 0.6) is 0 Å². The predicted molar refractivity (Wildman–Crippen MR) is 66.7 cm³/mol. The molecule has 1 aromatic carbocycles. The molecule has 1 N–H and O–H groups in total. The molecular weight excluding hydrogens is 250 g/mol. The van der Waals surface area contributed by atoms with E-state index in [0.717, 1.165) is 11.1 Å². The molecule has 0 fully saturated rings. The molecule has 0 spiro atoms. The second kappa shape index (κ2) is 4.52. The number of benzene rings is 1. The van der Waals surface area contributed by atoms with Crippen LogP contribution in [0.1, 0.15) is 21.6 Å². The monoisotopic (exact) mass is 261 g/mol. The van der Waals surface area contributed by atoms with Crippen molar-refractivity contribution < 1.29 is 14.8 Å². The lowest BCUT2D eigenvalue weighted by Crippen LogP contribution is -2.04. The zero-order valence-electron chi connectivity index (χ0n) is 10.3. The minimum absolute atomic E-state index is 0.108. The molecule has 0 radical (unpaired) electrons. The molecule has 2 aromatic rings. The Kier molecular flexibility index (Phi) is 3.04. The highest BCUT2D eigenvalue weighted by atomic mass is 16.6. The third-order valence-electron chi connectivity index (χ3n) is 2.84. The molecule has 98 valence electrons. The van der Waals surface area contributed by atoms with Gasteiger partial charge in [-0.25, -0.2) is 9.48 Å². The highest BCUT2D eigenvalue weighted by Gasteiger charge is 2.19. The van der Waals surface area contributed by atoms with E-state index in [4.69, 9.17) is 5.11 Å². The zero-order valence-corrected chi connectivity index (χ0v) is 10.3. The highest BCUT2D eigenvalue weighted by Crippen LogP contribution is 2.26. The minimum Gasteiger partial charge on any atom is -0.476 e. The van der Waals surface area contributed by atoms with Gasteiger partial charge in [0.15, 0.2) is 5.69 Å². The van der Waals surface area contributed by atoms with Crippen LogP contribution in [0.2, 0.25) is 0 Å². The van der Waals surface area contributed by atoms with Crippen LogP contribution in [0.15, 0.2) is 24.4 Å². The van der Waals surface area contributed by atoms with Crippen molar-refractivity contribution in [1.29, 1.82) is 0 Å². The van der Waals surface area contributed by atoms with Gasteiger partial charge in [0.1, 0.15) is 5.69 Å². The number of rotatable bonds is 3. The normalized spacial score (nSPS) is 10.4. The minimum atomic E-state index is -1.18. The molecule has 0 amide bonds. The molecule has 19 heavy (non-hydrogen) atoms. The second-order valence-corrected chi connectivity index (χ2v) is 4.13. The van der Waals surface area contributed by atoms with Gasteiger partial charge in [-0.3, -0.25) is 10.1 Å². The number of nitro benzene ring substituents is 1. The first-order valence-electron chi connectivity index (χ1n) is 5.45. The lowest BCUT2D eigenvalue weighted by atomic mass is 10.1. The molecule has 0 aliphatic rings. The van der Waals surface area contributed by atoms with Crippen LogP contribution >= 0.6 is 0 Å². The Labute approximate surface area is 108 Å². The van der Waals surface area contributed by atoms with E-state index in [1.807, 2.05) is 6.92 Å². The maximum absolute atomic E-state index is 11.0. The average Bonchev–Trinajstić information content (AvgIpc) is 2.81. The fourth-order valence-electron chi connectivity index (χ4n) is 1.69. The third kappa shape index (κ3) is 2.30. The molecule has 1 heterocycles. The molecule has 0 saturated heterocycles. The number of nitrogens with zero attached hydrogens (tertiary/aromatic N) is 3. The quantitative estimate of drug-likeness (QED) is 0.673. The van der Waals surface area contributed by atoms with E-state index in [2.05, 4.69) is 5.10 Å². The summed E-state index contributed by atoms with van der Waals surface area (Å²) >= 11 is 0. The summed E-state index contributed by atoms with van der Waals surface area (Å²) in [4.78, 5) is 21.3. The zero-order chi connectivity index (χ0) is 14.2. The second-order valence-electron chi connectivity index (χ2n) is 4.13. The molecule has 7 nitrogen and oxygen atoms in total. The molecular formula is C12H11N3O4. The van der Waals surface area contributed by atoms with Gasteiger partial charge in [-0.2, -0.15) is 5.10 Å². The summed E-state index contributed by atoms with van der Waals surface area (Å²) in [6.45, 7) is 3.60. The maximum atomic E-state index is 11.0. The first-order valence-corrected chi connectivity index (χ1v) is 5.45. The van der Waals surface area contributed by atoms with E-state index in [9.17, 15) is 14.9 Å². The van der Waals surface area contributed by atoms with Gasteiger partial charge in [0, 0.05) is 12.3 Å². The van der Waals surface area contributed by atoms with Crippen molar-refractivity contribution in [3.05, 3.63) is 51.3 Å². The number of aromatic nitrogens is 2. The average molecular weight is 261 g/mol. The first kappa shape index (κ1) is 12.7. The number of carbonyl (C=O) groups is 1. The molecule has 2 rings (SSSR count). The van der Waals surface area contributed by atoms with Crippen LogP contribution in [0.3, 0.4) is 0 Å². The van der Waals surface area contributed by atoms with E-state index >= 15 is 0 Å². The van der Waals surface area contributed by atoms with Gasteiger partial charge >= 0.3 is 5.97 Å². The Hall–Kier alpha value is -2.70. The fourth-order valence-corrected chi connectivity index (χ4v) is 1.69. The van der Waals surface area contributed by atoms with Crippen molar-refractivity contribution in [2.45, 2.75) is 13.8 Å². The number of carboxylic acid groups (broad SMARTS) is 1. The lowest BCUT2D eigenvalue weighted by molar-refractivity contribution is -0.384. The molecule has 1 aromatic heterocycles. The third-order valence-corrected chi connectivity index (χ3v) is 2.84. The van der Waals surface area contributed by atoms with Crippen LogP contribution < -0.4 is 0 Å². The van der Waals surface area contributed by atoms with Crippen LogP contribution in [-0.2, 0) is 0 Å². The number of nitro groups is 1. The van der Waals surface area contributed by atoms with Crippen molar-refractivity contribution >= 4 is 11.7 Å². The van der Waals surface area contributed by atoms with Crippen molar-refractivity contribution in [1.82, 2.24) is 9.78 Å². The van der Waals surface area contributed by atoms with Crippen LogP contribution in [-0.4, -0.2) is 25.8 Å². The van der Waals surface area contributed by atoms with Crippen molar-refractivity contribution in [2.75, 3.05) is 0 Å². The highest BCUT2D eigenvalue weighted by molar-refractivity contribution is 5.85. The summed E-state index contributed by atoms with van der Waals surface area (Å²) in [6, 6.07) is 4.36. The summed E-state index contributed by atoms with van der Waals surface area (Å²) in [7, 11) is 0. The molecule has 0 unspecified atom stereocenters. The van der Waals surface area contributed by atoms with E-state index in [1.165, 1.54) is 23.0 Å². The smallest absolute Gasteiger partial charge is 0.356 e. The fraction of sp³-hybridized carbons (Fsp3) is 0.167. The number of carboxylic acids is 1. The largest absolute Gasteiger partial charge is 0.476 e. The number of hydrogen-bond donors (Lipinski definition) is 1. The lowest BCUT2D eigenvalue weighted by Gasteiger charge is -2.06. The summed E-state index contributed by atoms with van der Waals surface area (Å²) < 4.78 is 1.20. The SMILES string of the molecule is Cc1cc(-n2ccc(C(=O)O)n2)c([N+](=O)[O-])cc1C. The summed E-state index contributed by atoms with van der Waals surface area (Å²) in [5.74, 6) is -1.18. The van der Waals surface area contributed by atoms with Gasteiger partial charge in [-0.15, -0.1) is 0 Å².